The Labute approximate surface area is 109 Å². The van der Waals surface area contributed by atoms with Crippen LogP contribution >= 0.6 is 0 Å². The summed E-state index contributed by atoms with van der Waals surface area (Å²) in [6.45, 7) is 0. The van der Waals surface area contributed by atoms with E-state index in [4.69, 9.17) is 14.6 Å². The second-order valence-corrected chi connectivity index (χ2v) is 3.97. The lowest BCUT2D eigenvalue weighted by Gasteiger charge is -2.13. The van der Waals surface area contributed by atoms with Crippen LogP contribution in [0.15, 0.2) is 22.8 Å². The van der Waals surface area contributed by atoms with Gasteiger partial charge in [0.1, 0.15) is 11.8 Å². The van der Waals surface area contributed by atoms with Crippen LogP contribution in [0.4, 0.5) is 0 Å². The number of carbonyl (C=O) groups excluding carboxylic acids is 1. The van der Waals surface area contributed by atoms with Gasteiger partial charge in [-0.2, -0.15) is 0 Å². The molecular weight excluding hydrogens is 254 g/mol. The molecule has 0 spiro atoms. The predicted molar refractivity (Wildman–Crippen MR) is 63.5 cm³/mol. The maximum absolute atomic E-state index is 11.5. The number of aliphatic carboxylic acids is 2. The van der Waals surface area contributed by atoms with E-state index in [0.29, 0.717) is 12.2 Å². The fourth-order valence-electron chi connectivity index (χ4n) is 1.48. The summed E-state index contributed by atoms with van der Waals surface area (Å²) >= 11 is 0. The third-order valence-corrected chi connectivity index (χ3v) is 2.46. The lowest BCUT2D eigenvalue weighted by Crippen LogP contribution is -2.41. The normalized spacial score (nSPS) is 11.8. The molecule has 7 nitrogen and oxygen atoms in total. The van der Waals surface area contributed by atoms with Gasteiger partial charge in [-0.15, -0.1) is 0 Å². The molecule has 1 aromatic rings. The highest BCUT2D eigenvalue weighted by Gasteiger charge is 2.20. The first-order chi connectivity index (χ1) is 8.99. The van der Waals surface area contributed by atoms with E-state index in [1.807, 2.05) is 0 Å². The van der Waals surface area contributed by atoms with Crippen molar-refractivity contribution in [2.24, 2.45) is 0 Å². The summed E-state index contributed by atoms with van der Waals surface area (Å²) in [4.78, 5) is 32.8. The maximum Gasteiger partial charge on any atom is 0.326 e. The van der Waals surface area contributed by atoms with Crippen molar-refractivity contribution in [3.05, 3.63) is 24.2 Å². The molecule has 0 bridgehead atoms. The van der Waals surface area contributed by atoms with Gasteiger partial charge in [-0.25, -0.2) is 4.79 Å². The van der Waals surface area contributed by atoms with Gasteiger partial charge in [-0.3, -0.25) is 9.59 Å². The Hall–Kier alpha value is -2.31. The number of nitrogens with one attached hydrogen (secondary N) is 1. The first-order valence-electron chi connectivity index (χ1n) is 5.75. The van der Waals surface area contributed by atoms with Crippen LogP contribution in [0.2, 0.25) is 0 Å². The molecule has 1 unspecified atom stereocenters. The first-order valence-corrected chi connectivity index (χ1v) is 5.75. The molecular formula is C12H15NO6. The van der Waals surface area contributed by atoms with Gasteiger partial charge >= 0.3 is 11.9 Å². The molecule has 3 N–H and O–H groups in total. The molecule has 0 saturated heterocycles. The molecule has 19 heavy (non-hydrogen) atoms. The minimum absolute atomic E-state index is 0.0877. The molecule has 1 amide bonds. The van der Waals surface area contributed by atoms with Crippen LogP contribution in [0.1, 0.15) is 25.0 Å². The van der Waals surface area contributed by atoms with E-state index in [-0.39, 0.29) is 19.3 Å². The fraction of sp³-hybridized carbons (Fsp3) is 0.417. The summed E-state index contributed by atoms with van der Waals surface area (Å²) in [7, 11) is 0. The topological polar surface area (TPSA) is 117 Å². The highest BCUT2D eigenvalue weighted by molar-refractivity contribution is 5.84. The van der Waals surface area contributed by atoms with Crippen LogP contribution in [0.25, 0.3) is 0 Å². The number of hydrogen-bond acceptors (Lipinski definition) is 4. The summed E-state index contributed by atoms with van der Waals surface area (Å²) in [6, 6.07) is 2.23. The Kier molecular flexibility index (Phi) is 5.59. The molecule has 0 radical (unpaired) electrons. The molecule has 7 heteroatoms. The van der Waals surface area contributed by atoms with Gasteiger partial charge in [0.05, 0.1) is 6.26 Å². The Morgan fingerprint density at radius 2 is 2.00 bits per heavy atom. The summed E-state index contributed by atoms with van der Waals surface area (Å²) in [6.07, 6.45) is 1.49. The van der Waals surface area contributed by atoms with Crippen LogP contribution in [-0.2, 0) is 20.8 Å². The van der Waals surface area contributed by atoms with Crippen LogP contribution < -0.4 is 5.32 Å². The third-order valence-electron chi connectivity index (χ3n) is 2.46. The minimum atomic E-state index is -1.24. The number of furan rings is 1. The van der Waals surface area contributed by atoms with Gasteiger partial charge in [0.25, 0.3) is 0 Å². The van der Waals surface area contributed by atoms with E-state index in [2.05, 4.69) is 5.32 Å². The number of hydrogen-bond donors (Lipinski definition) is 3. The van der Waals surface area contributed by atoms with Crippen molar-refractivity contribution in [1.82, 2.24) is 5.32 Å². The van der Waals surface area contributed by atoms with Crippen molar-refractivity contribution in [3.8, 4) is 0 Å². The molecule has 0 aromatic carbocycles. The minimum Gasteiger partial charge on any atom is -0.481 e. The Morgan fingerprint density at radius 3 is 2.53 bits per heavy atom. The molecule has 0 saturated carbocycles. The van der Waals surface area contributed by atoms with Crippen LogP contribution in [-0.4, -0.2) is 34.1 Å². The predicted octanol–water partition coefficient (Wildman–Crippen LogP) is 0.646. The van der Waals surface area contributed by atoms with Gasteiger partial charge in [-0.05, 0) is 18.6 Å². The smallest absolute Gasteiger partial charge is 0.326 e. The van der Waals surface area contributed by atoms with Crippen molar-refractivity contribution in [3.63, 3.8) is 0 Å². The second kappa shape index (κ2) is 7.20. The van der Waals surface area contributed by atoms with E-state index >= 15 is 0 Å². The number of carboxylic acids is 2. The highest BCUT2D eigenvalue weighted by Crippen LogP contribution is 2.04. The Bertz CT molecular complexity index is 439. The summed E-state index contributed by atoms with van der Waals surface area (Å²) in [5, 5.41) is 19.6. The van der Waals surface area contributed by atoms with E-state index in [0.717, 1.165) is 0 Å². The van der Waals surface area contributed by atoms with Crippen molar-refractivity contribution in [1.29, 1.82) is 0 Å². The van der Waals surface area contributed by atoms with Crippen molar-refractivity contribution in [2.75, 3.05) is 0 Å². The SMILES string of the molecule is O=C(O)CCC(NC(=O)CCc1ccco1)C(=O)O. The lowest BCUT2D eigenvalue weighted by atomic mass is 10.1. The molecule has 104 valence electrons. The maximum atomic E-state index is 11.5. The number of aryl methyl sites for hydroxylation is 1. The second-order valence-electron chi connectivity index (χ2n) is 3.97. The van der Waals surface area contributed by atoms with Gasteiger partial charge in [-0.1, -0.05) is 0 Å². The molecule has 0 aliphatic rings. The average molecular weight is 269 g/mol. The zero-order chi connectivity index (χ0) is 14.3. The zero-order valence-electron chi connectivity index (χ0n) is 10.2. The quantitative estimate of drug-likeness (QED) is 0.637. The first kappa shape index (κ1) is 14.7. The van der Waals surface area contributed by atoms with Crippen molar-refractivity contribution >= 4 is 17.8 Å². The summed E-state index contributed by atoms with van der Waals surface area (Å²) in [5.74, 6) is -2.16. The molecule has 0 aliphatic heterocycles. The summed E-state index contributed by atoms with van der Waals surface area (Å²) < 4.78 is 5.04. The zero-order valence-corrected chi connectivity index (χ0v) is 10.2. The molecule has 1 heterocycles. The van der Waals surface area contributed by atoms with Gasteiger partial charge < -0.3 is 19.9 Å². The van der Waals surface area contributed by atoms with Crippen LogP contribution in [0.5, 0.6) is 0 Å². The highest BCUT2D eigenvalue weighted by atomic mass is 16.4. The molecule has 1 aromatic heterocycles. The van der Waals surface area contributed by atoms with Crippen molar-refractivity contribution < 1.29 is 29.0 Å². The molecule has 1 rings (SSSR count). The standard InChI is InChI=1S/C12H15NO6/c14-10(5-3-8-2-1-7-19-8)13-9(12(17)18)4-6-11(15)16/h1-2,7,9H,3-6H2,(H,13,14)(H,15,16)(H,17,18). The summed E-state index contributed by atoms with van der Waals surface area (Å²) in [5.41, 5.74) is 0. The Morgan fingerprint density at radius 1 is 1.26 bits per heavy atom. The van der Waals surface area contributed by atoms with Gasteiger partial charge in [0.2, 0.25) is 5.91 Å². The van der Waals surface area contributed by atoms with Crippen LogP contribution in [0, 0.1) is 0 Å². The fourth-order valence-corrected chi connectivity index (χ4v) is 1.48. The van der Waals surface area contributed by atoms with Gasteiger partial charge in [0, 0.05) is 19.3 Å². The number of rotatable bonds is 8. The van der Waals surface area contributed by atoms with Crippen molar-refractivity contribution in [2.45, 2.75) is 31.7 Å². The van der Waals surface area contributed by atoms with E-state index in [1.54, 1.807) is 12.1 Å². The lowest BCUT2D eigenvalue weighted by molar-refractivity contribution is -0.143. The number of amides is 1. The van der Waals surface area contributed by atoms with Crippen LogP contribution in [0.3, 0.4) is 0 Å². The van der Waals surface area contributed by atoms with E-state index < -0.39 is 23.9 Å². The largest absolute Gasteiger partial charge is 0.481 e. The average Bonchev–Trinajstić information content (AvgIpc) is 2.84. The van der Waals surface area contributed by atoms with E-state index in [9.17, 15) is 14.4 Å². The van der Waals surface area contributed by atoms with E-state index in [1.165, 1.54) is 6.26 Å². The third kappa shape index (κ3) is 5.71. The molecule has 0 fully saturated rings. The molecule has 1 atom stereocenters. The Balaban J connectivity index is 2.38. The number of carboxylic acid groups (broad SMARTS) is 2. The van der Waals surface area contributed by atoms with Gasteiger partial charge in [0.15, 0.2) is 0 Å². The monoisotopic (exact) mass is 269 g/mol. The number of carbonyl (C=O) groups is 3. The molecule has 0 aliphatic carbocycles.